The van der Waals surface area contributed by atoms with Gasteiger partial charge in [0.05, 0.1) is 25.8 Å². The highest BCUT2D eigenvalue weighted by molar-refractivity contribution is 5.93. The van der Waals surface area contributed by atoms with Crippen LogP contribution in [0.2, 0.25) is 0 Å². The molecule has 0 spiro atoms. The molecule has 0 aromatic heterocycles. The number of carbonyl (C=O) groups is 3. The van der Waals surface area contributed by atoms with E-state index in [1.807, 2.05) is 0 Å². The predicted molar refractivity (Wildman–Crippen MR) is 96.0 cm³/mol. The second kappa shape index (κ2) is 9.76. The summed E-state index contributed by atoms with van der Waals surface area (Å²) < 4.78 is 9.62. The van der Waals surface area contributed by atoms with Gasteiger partial charge in [-0.1, -0.05) is 0 Å². The summed E-state index contributed by atoms with van der Waals surface area (Å²) >= 11 is 0. The van der Waals surface area contributed by atoms with Gasteiger partial charge in [-0.3, -0.25) is 4.79 Å². The fourth-order valence-electron chi connectivity index (χ4n) is 2.73. The SMILES string of the molecule is CCOC(=O)N1CCC(NCC(=O)Nc2ccc(C(=O)OC)cc2)CC1. The van der Waals surface area contributed by atoms with Gasteiger partial charge in [-0.15, -0.1) is 0 Å². The van der Waals surface area contributed by atoms with Crippen LogP contribution >= 0.6 is 0 Å². The molecule has 0 bridgehead atoms. The standard InChI is InChI=1S/C18H25N3O5/c1-3-26-18(24)21-10-8-14(9-11-21)19-12-16(22)20-15-6-4-13(5-7-15)17(23)25-2/h4-7,14,19H,3,8-12H2,1-2H3,(H,20,22). The van der Waals surface area contributed by atoms with Crippen molar-refractivity contribution in [3.63, 3.8) is 0 Å². The van der Waals surface area contributed by atoms with E-state index in [2.05, 4.69) is 15.4 Å². The first kappa shape index (κ1) is 19.7. The van der Waals surface area contributed by atoms with E-state index in [1.165, 1.54) is 7.11 Å². The molecule has 1 aliphatic rings. The van der Waals surface area contributed by atoms with Crippen LogP contribution in [0.1, 0.15) is 30.1 Å². The molecule has 2 N–H and O–H groups in total. The van der Waals surface area contributed by atoms with Crippen LogP contribution in [0, 0.1) is 0 Å². The van der Waals surface area contributed by atoms with E-state index in [0.29, 0.717) is 30.9 Å². The third-order valence-corrected chi connectivity index (χ3v) is 4.16. The zero-order valence-corrected chi connectivity index (χ0v) is 15.1. The monoisotopic (exact) mass is 363 g/mol. The Hall–Kier alpha value is -2.61. The van der Waals surface area contributed by atoms with E-state index >= 15 is 0 Å². The average Bonchev–Trinajstić information content (AvgIpc) is 2.67. The number of anilines is 1. The van der Waals surface area contributed by atoms with E-state index in [1.54, 1.807) is 36.1 Å². The summed E-state index contributed by atoms with van der Waals surface area (Å²) in [6, 6.07) is 6.69. The molecule has 26 heavy (non-hydrogen) atoms. The van der Waals surface area contributed by atoms with Crippen molar-refractivity contribution in [2.75, 3.05) is 38.7 Å². The molecule has 0 atom stereocenters. The summed E-state index contributed by atoms with van der Waals surface area (Å²) in [6.45, 7) is 3.58. The fourth-order valence-corrected chi connectivity index (χ4v) is 2.73. The highest BCUT2D eigenvalue weighted by atomic mass is 16.6. The van der Waals surface area contributed by atoms with Crippen molar-refractivity contribution in [2.24, 2.45) is 0 Å². The molecule has 8 nitrogen and oxygen atoms in total. The van der Waals surface area contributed by atoms with E-state index in [-0.39, 0.29) is 24.6 Å². The Morgan fingerprint density at radius 1 is 1.15 bits per heavy atom. The summed E-state index contributed by atoms with van der Waals surface area (Å²) in [5, 5.41) is 5.98. The van der Waals surface area contributed by atoms with E-state index in [9.17, 15) is 14.4 Å². The van der Waals surface area contributed by atoms with Crippen LogP contribution in [-0.2, 0) is 14.3 Å². The number of hydrogen-bond donors (Lipinski definition) is 2. The molecule has 0 saturated carbocycles. The van der Waals surface area contributed by atoms with Gasteiger partial charge in [0.1, 0.15) is 0 Å². The van der Waals surface area contributed by atoms with E-state index < -0.39 is 5.97 Å². The zero-order chi connectivity index (χ0) is 18.9. The number of benzene rings is 1. The summed E-state index contributed by atoms with van der Waals surface area (Å²) in [6.07, 6.45) is 1.28. The number of amides is 2. The maximum atomic E-state index is 12.0. The molecule has 0 aliphatic carbocycles. The van der Waals surface area contributed by atoms with Crippen molar-refractivity contribution in [2.45, 2.75) is 25.8 Å². The molecule has 1 aromatic carbocycles. The molecular formula is C18H25N3O5. The van der Waals surface area contributed by atoms with Crippen LogP contribution in [0.4, 0.5) is 10.5 Å². The van der Waals surface area contributed by atoms with Gasteiger partial charge in [0.15, 0.2) is 0 Å². The number of nitrogens with one attached hydrogen (secondary N) is 2. The first-order valence-corrected chi connectivity index (χ1v) is 8.66. The van der Waals surface area contributed by atoms with Crippen molar-refractivity contribution in [1.29, 1.82) is 0 Å². The minimum atomic E-state index is -0.418. The smallest absolute Gasteiger partial charge is 0.409 e. The minimum absolute atomic E-state index is 0.163. The number of nitrogens with zero attached hydrogens (tertiary/aromatic N) is 1. The van der Waals surface area contributed by atoms with Gasteiger partial charge >= 0.3 is 12.1 Å². The molecule has 0 radical (unpaired) electrons. The lowest BCUT2D eigenvalue weighted by molar-refractivity contribution is -0.115. The number of rotatable bonds is 6. The van der Waals surface area contributed by atoms with Crippen molar-refractivity contribution >= 4 is 23.7 Å². The van der Waals surface area contributed by atoms with Crippen molar-refractivity contribution < 1.29 is 23.9 Å². The number of piperidine rings is 1. The second-order valence-corrected chi connectivity index (χ2v) is 5.96. The van der Waals surface area contributed by atoms with Gasteiger partial charge in [-0.25, -0.2) is 9.59 Å². The normalized spacial score (nSPS) is 14.6. The molecule has 2 amide bonds. The van der Waals surface area contributed by atoms with E-state index in [0.717, 1.165) is 12.8 Å². The molecular weight excluding hydrogens is 338 g/mol. The lowest BCUT2D eigenvalue weighted by atomic mass is 10.1. The first-order chi connectivity index (χ1) is 12.5. The largest absolute Gasteiger partial charge is 0.465 e. The number of hydrogen-bond acceptors (Lipinski definition) is 6. The Balaban J connectivity index is 1.71. The van der Waals surface area contributed by atoms with Crippen LogP contribution in [0.3, 0.4) is 0 Å². The van der Waals surface area contributed by atoms with Crippen LogP contribution in [0.25, 0.3) is 0 Å². The lowest BCUT2D eigenvalue weighted by Gasteiger charge is -2.31. The molecule has 8 heteroatoms. The maximum absolute atomic E-state index is 12.0. The lowest BCUT2D eigenvalue weighted by Crippen LogP contribution is -2.46. The molecule has 142 valence electrons. The highest BCUT2D eigenvalue weighted by Gasteiger charge is 2.23. The van der Waals surface area contributed by atoms with Crippen LogP contribution < -0.4 is 10.6 Å². The number of methoxy groups -OCH3 is 1. The van der Waals surface area contributed by atoms with Crippen LogP contribution in [-0.4, -0.2) is 62.3 Å². The Morgan fingerprint density at radius 3 is 2.38 bits per heavy atom. The maximum Gasteiger partial charge on any atom is 0.409 e. The molecule has 1 aromatic rings. The topological polar surface area (TPSA) is 97.0 Å². The number of esters is 1. The van der Waals surface area contributed by atoms with Gasteiger partial charge in [-0.05, 0) is 44.0 Å². The number of carbonyl (C=O) groups excluding carboxylic acids is 3. The van der Waals surface area contributed by atoms with Gasteiger partial charge < -0.3 is 25.0 Å². The average molecular weight is 363 g/mol. The van der Waals surface area contributed by atoms with E-state index in [4.69, 9.17) is 4.74 Å². The second-order valence-electron chi connectivity index (χ2n) is 5.96. The van der Waals surface area contributed by atoms with Gasteiger partial charge in [0, 0.05) is 24.8 Å². The van der Waals surface area contributed by atoms with Crippen molar-refractivity contribution in [1.82, 2.24) is 10.2 Å². The first-order valence-electron chi connectivity index (χ1n) is 8.66. The zero-order valence-electron chi connectivity index (χ0n) is 15.1. The molecule has 1 aliphatic heterocycles. The third-order valence-electron chi connectivity index (χ3n) is 4.16. The van der Waals surface area contributed by atoms with Gasteiger partial charge in [0.25, 0.3) is 0 Å². The summed E-state index contributed by atoms with van der Waals surface area (Å²) in [5.41, 5.74) is 1.04. The Labute approximate surface area is 152 Å². The van der Waals surface area contributed by atoms with Crippen LogP contribution in [0.5, 0.6) is 0 Å². The Kier molecular flexibility index (Phi) is 7.40. The molecule has 1 saturated heterocycles. The molecule has 0 unspecified atom stereocenters. The van der Waals surface area contributed by atoms with Gasteiger partial charge in [-0.2, -0.15) is 0 Å². The Morgan fingerprint density at radius 2 is 1.81 bits per heavy atom. The van der Waals surface area contributed by atoms with Crippen molar-refractivity contribution in [3.05, 3.63) is 29.8 Å². The number of likely N-dealkylation sites (tertiary alicyclic amines) is 1. The molecule has 1 heterocycles. The van der Waals surface area contributed by atoms with Crippen LogP contribution in [0.15, 0.2) is 24.3 Å². The molecule has 2 rings (SSSR count). The third kappa shape index (κ3) is 5.73. The highest BCUT2D eigenvalue weighted by Crippen LogP contribution is 2.12. The van der Waals surface area contributed by atoms with Gasteiger partial charge in [0.2, 0.25) is 5.91 Å². The molecule has 1 fully saturated rings. The minimum Gasteiger partial charge on any atom is -0.465 e. The van der Waals surface area contributed by atoms with Crippen molar-refractivity contribution in [3.8, 4) is 0 Å². The predicted octanol–water partition coefficient (Wildman–Crippen LogP) is 1.62. The summed E-state index contributed by atoms with van der Waals surface area (Å²) in [5.74, 6) is -0.581. The fraction of sp³-hybridized carbons (Fsp3) is 0.500. The number of ether oxygens (including phenoxy) is 2. The summed E-state index contributed by atoms with van der Waals surface area (Å²) in [7, 11) is 1.32. The Bertz CT molecular complexity index is 624. The summed E-state index contributed by atoms with van der Waals surface area (Å²) in [4.78, 5) is 36.7. The quantitative estimate of drug-likeness (QED) is 0.746.